The van der Waals surface area contributed by atoms with Crippen molar-refractivity contribution >= 4 is 12.2 Å². The Hall–Kier alpha value is -1.61. The summed E-state index contributed by atoms with van der Waals surface area (Å²) >= 11 is 0. The summed E-state index contributed by atoms with van der Waals surface area (Å²) in [5.74, 6) is 0.460. The first-order valence-corrected chi connectivity index (χ1v) is 10.7. The Kier molecular flexibility index (Phi) is 9.35. The molecule has 0 saturated carbocycles. The van der Waals surface area contributed by atoms with Crippen LogP contribution >= 0.6 is 0 Å². The Bertz CT molecular complexity index is 506. The zero-order valence-electron chi connectivity index (χ0n) is 19.6. The Balaban J connectivity index is 0.000000300. The van der Waals surface area contributed by atoms with Crippen LogP contribution in [0.2, 0.25) is 0 Å². The van der Waals surface area contributed by atoms with Gasteiger partial charge in [0.2, 0.25) is 0 Å². The molecule has 4 atom stereocenters. The predicted molar refractivity (Wildman–Crippen MR) is 115 cm³/mol. The number of halogens is 1. The summed E-state index contributed by atoms with van der Waals surface area (Å²) in [6, 6.07) is -0.206. The van der Waals surface area contributed by atoms with Crippen molar-refractivity contribution in [1.82, 2.24) is 9.80 Å². The largest absolute Gasteiger partial charge is 0.444 e. The van der Waals surface area contributed by atoms with E-state index in [4.69, 9.17) is 20.9 Å². The van der Waals surface area contributed by atoms with Gasteiger partial charge in [-0.15, -0.1) is 0 Å². The molecule has 0 bridgehead atoms. The fourth-order valence-corrected chi connectivity index (χ4v) is 3.43. The van der Waals surface area contributed by atoms with E-state index in [0.717, 1.165) is 13.0 Å². The molecule has 2 aliphatic heterocycles. The van der Waals surface area contributed by atoms with E-state index in [1.54, 1.807) is 25.7 Å². The molecule has 9 heteroatoms. The van der Waals surface area contributed by atoms with Crippen LogP contribution in [0.3, 0.4) is 0 Å². The number of hydrogen-bond acceptors (Lipinski definition) is 6. The van der Waals surface area contributed by atoms with Gasteiger partial charge in [0.05, 0.1) is 6.54 Å². The highest BCUT2D eigenvalue weighted by Crippen LogP contribution is 2.18. The van der Waals surface area contributed by atoms with Crippen LogP contribution in [-0.2, 0) is 9.47 Å². The van der Waals surface area contributed by atoms with E-state index in [9.17, 15) is 14.0 Å². The summed E-state index contributed by atoms with van der Waals surface area (Å²) in [6.07, 6.45) is -0.468. The third-order valence-electron chi connectivity index (χ3n) is 4.43. The van der Waals surface area contributed by atoms with Crippen LogP contribution in [-0.4, -0.2) is 77.6 Å². The van der Waals surface area contributed by atoms with Crippen LogP contribution in [0.1, 0.15) is 61.3 Å². The molecule has 0 aromatic heterocycles. The second kappa shape index (κ2) is 10.6. The maximum absolute atomic E-state index is 13.1. The number of piperidine rings is 2. The van der Waals surface area contributed by atoms with E-state index < -0.39 is 23.5 Å². The summed E-state index contributed by atoms with van der Waals surface area (Å²) in [6.45, 7) is 14.9. The Morgan fingerprint density at radius 1 is 0.800 bits per heavy atom. The fourth-order valence-electron chi connectivity index (χ4n) is 3.43. The van der Waals surface area contributed by atoms with Gasteiger partial charge in [-0.2, -0.15) is 0 Å². The minimum absolute atomic E-state index is 0.0845. The minimum atomic E-state index is -1.04. The first kappa shape index (κ1) is 26.4. The molecule has 2 heterocycles. The summed E-state index contributed by atoms with van der Waals surface area (Å²) in [4.78, 5) is 26.4. The molecule has 0 aromatic carbocycles. The van der Waals surface area contributed by atoms with E-state index in [0.29, 0.717) is 25.4 Å². The predicted octanol–water partition coefficient (Wildman–Crippen LogP) is 2.88. The monoisotopic (exact) mass is 432 g/mol. The smallest absolute Gasteiger partial charge is 0.410 e. The summed E-state index contributed by atoms with van der Waals surface area (Å²) in [5.41, 5.74) is 10.5. The Morgan fingerprint density at radius 2 is 1.20 bits per heavy atom. The maximum Gasteiger partial charge on any atom is 0.410 e. The molecule has 2 amide bonds. The van der Waals surface area contributed by atoms with Crippen LogP contribution in [0, 0.1) is 5.92 Å². The molecule has 0 unspecified atom stereocenters. The van der Waals surface area contributed by atoms with E-state index >= 15 is 0 Å². The average Bonchev–Trinajstić information content (AvgIpc) is 2.50. The second-order valence-electron chi connectivity index (χ2n) is 10.5. The summed E-state index contributed by atoms with van der Waals surface area (Å²) in [5, 5.41) is 0. The van der Waals surface area contributed by atoms with Crippen molar-refractivity contribution in [2.24, 2.45) is 17.4 Å². The zero-order chi connectivity index (χ0) is 23.3. The van der Waals surface area contributed by atoms with Gasteiger partial charge in [0, 0.05) is 31.7 Å². The lowest BCUT2D eigenvalue weighted by Gasteiger charge is -2.35. The lowest BCUT2D eigenvalue weighted by Crippen LogP contribution is -2.51. The van der Waals surface area contributed by atoms with Crippen LogP contribution in [0.5, 0.6) is 0 Å². The van der Waals surface area contributed by atoms with Gasteiger partial charge in [-0.1, -0.05) is 6.92 Å². The molecule has 176 valence electrons. The van der Waals surface area contributed by atoms with Crippen molar-refractivity contribution in [3.8, 4) is 0 Å². The summed E-state index contributed by atoms with van der Waals surface area (Å²) in [7, 11) is 0. The third kappa shape index (κ3) is 10.4. The van der Waals surface area contributed by atoms with Crippen LogP contribution in [0.25, 0.3) is 0 Å². The average molecular weight is 433 g/mol. The molecular formula is C21H41FN4O4. The van der Waals surface area contributed by atoms with Crippen molar-refractivity contribution in [2.75, 3.05) is 26.2 Å². The Morgan fingerprint density at radius 3 is 1.57 bits per heavy atom. The SMILES string of the molecule is CC(C)(C)OC(=O)N1C[C@H](N)C[C@H](F)C1.C[C@@H]1C[C@H](N)CN(C(=O)OC(C)(C)C)C1. The molecule has 30 heavy (non-hydrogen) atoms. The molecular weight excluding hydrogens is 391 g/mol. The zero-order valence-corrected chi connectivity index (χ0v) is 19.6. The van der Waals surface area contributed by atoms with Crippen molar-refractivity contribution in [1.29, 1.82) is 0 Å². The molecule has 0 aromatic rings. The van der Waals surface area contributed by atoms with Crippen molar-refractivity contribution in [2.45, 2.75) is 90.8 Å². The number of carbonyl (C=O) groups is 2. The number of ether oxygens (including phenoxy) is 2. The van der Waals surface area contributed by atoms with E-state index in [-0.39, 0.29) is 24.7 Å². The molecule has 8 nitrogen and oxygen atoms in total. The lowest BCUT2D eigenvalue weighted by molar-refractivity contribution is 0.0113. The molecule has 2 rings (SSSR count). The topological polar surface area (TPSA) is 111 Å². The maximum atomic E-state index is 13.1. The normalized spacial score (nSPS) is 27.7. The first-order chi connectivity index (χ1) is 13.6. The number of alkyl halides is 1. The van der Waals surface area contributed by atoms with Crippen LogP contribution in [0.4, 0.5) is 14.0 Å². The number of hydrogen-bond donors (Lipinski definition) is 2. The van der Waals surface area contributed by atoms with Crippen molar-refractivity contribution in [3.63, 3.8) is 0 Å². The van der Waals surface area contributed by atoms with Crippen molar-refractivity contribution < 1.29 is 23.5 Å². The molecule has 2 fully saturated rings. The molecule has 0 aliphatic carbocycles. The second-order valence-corrected chi connectivity index (χ2v) is 10.5. The minimum Gasteiger partial charge on any atom is -0.444 e. The number of nitrogens with zero attached hydrogens (tertiary/aromatic N) is 2. The molecule has 4 N–H and O–H groups in total. The van der Waals surface area contributed by atoms with E-state index in [2.05, 4.69) is 6.92 Å². The highest BCUT2D eigenvalue weighted by atomic mass is 19.1. The van der Waals surface area contributed by atoms with Gasteiger partial charge in [0.15, 0.2) is 0 Å². The molecule has 0 spiro atoms. The number of likely N-dealkylation sites (tertiary alicyclic amines) is 2. The van der Waals surface area contributed by atoms with E-state index in [1.165, 1.54) is 4.90 Å². The number of amides is 2. The van der Waals surface area contributed by atoms with Gasteiger partial charge in [-0.05, 0) is 60.3 Å². The molecule has 2 saturated heterocycles. The van der Waals surface area contributed by atoms with Crippen LogP contribution in [0.15, 0.2) is 0 Å². The molecule has 2 aliphatic rings. The third-order valence-corrected chi connectivity index (χ3v) is 4.43. The standard InChI is InChI=1S/C11H22N2O2.C10H19FN2O2/c1-8-5-9(12)7-13(6-8)10(14)15-11(2,3)4;1-10(2,3)15-9(14)13-5-7(11)4-8(12)6-13/h8-9H,5-7,12H2,1-4H3;7-8H,4-6,12H2,1-3H3/t8-,9+;7-,8+/m10/s1. The molecule has 0 radical (unpaired) electrons. The van der Waals surface area contributed by atoms with Gasteiger partial charge in [-0.25, -0.2) is 14.0 Å². The lowest BCUT2D eigenvalue weighted by atomic mass is 9.97. The van der Waals surface area contributed by atoms with Crippen LogP contribution < -0.4 is 11.5 Å². The van der Waals surface area contributed by atoms with Gasteiger partial charge in [0.25, 0.3) is 0 Å². The van der Waals surface area contributed by atoms with E-state index in [1.807, 2.05) is 20.8 Å². The first-order valence-electron chi connectivity index (χ1n) is 10.7. The quantitative estimate of drug-likeness (QED) is 0.609. The summed E-state index contributed by atoms with van der Waals surface area (Å²) < 4.78 is 23.6. The number of nitrogens with two attached hydrogens (primary N) is 2. The highest BCUT2D eigenvalue weighted by Gasteiger charge is 2.31. The Labute approximate surface area is 180 Å². The number of carbonyl (C=O) groups excluding carboxylic acids is 2. The van der Waals surface area contributed by atoms with Crippen molar-refractivity contribution in [3.05, 3.63) is 0 Å². The van der Waals surface area contributed by atoms with Gasteiger partial charge in [-0.3, -0.25) is 0 Å². The highest BCUT2D eigenvalue weighted by molar-refractivity contribution is 5.68. The fraction of sp³-hybridized carbons (Fsp3) is 0.905. The number of rotatable bonds is 0. The van der Waals surface area contributed by atoms with Gasteiger partial charge < -0.3 is 30.7 Å². The van der Waals surface area contributed by atoms with Gasteiger partial charge >= 0.3 is 12.2 Å². The van der Waals surface area contributed by atoms with Gasteiger partial charge in [0.1, 0.15) is 17.4 Å².